The van der Waals surface area contributed by atoms with Gasteiger partial charge in [-0.05, 0) is 18.4 Å². The highest BCUT2D eigenvalue weighted by Gasteiger charge is 2.21. The molecule has 2 nitrogen and oxygen atoms in total. The van der Waals surface area contributed by atoms with Crippen LogP contribution in [0.2, 0.25) is 10.3 Å². The Morgan fingerprint density at radius 2 is 1.81 bits per heavy atom. The molecule has 1 aromatic heterocycles. The maximum absolute atomic E-state index is 12.9. The largest absolute Gasteiger partial charge is 0.250 e. The fourth-order valence-electron chi connectivity index (χ4n) is 1.73. The average Bonchev–Trinajstić information content (AvgIpc) is 2.28. The fourth-order valence-corrected chi connectivity index (χ4v) is 2.27. The number of aromatic nitrogens is 2. The van der Waals surface area contributed by atoms with Gasteiger partial charge in [0.1, 0.15) is 0 Å². The van der Waals surface area contributed by atoms with Gasteiger partial charge >= 0.3 is 0 Å². The van der Waals surface area contributed by atoms with E-state index >= 15 is 0 Å². The Bertz CT molecular complexity index is 354. The van der Waals surface area contributed by atoms with E-state index in [9.17, 15) is 4.39 Å². The topological polar surface area (TPSA) is 25.8 Å². The van der Waals surface area contributed by atoms with E-state index in [0.29, 0.717) is 11.6 Å². The van der Waals surface area contributed by atoms with Crippen molar-refractivity contribution in [3.8, 4) is 0 Å². The first-order chi connectivity index (χ1) is 7.65. The Hall–Kier alpha value is -0.410. The molecule has 1 rings (SSSR count). The normalized spacial score (nSPS) is 12.8. The Balaban J connectivity index is 3.26. The van der Waals surface area contributed by atoms with Crippen LogP contribution < -0.4 is 0 Å². The lowest BCUT2D eigenvalue weighted by Gasteiger charge is -2.17. The van der Waals surface area contributed by atoms with Gasteiger partial charge in [0.05, 0.1) is 6.67 Å². The third-order valence-electron chi connectivity index (χ3n) is 2.61. The van der Waals surface area contributed by atoms with Crippen LogP contribution in [0.25, 0.3) is 0 Å². The summed E-state index contributed by atoms with van der Waals surface area (Å²) in [7, 11) is 0. The van der Waals surface area contributed by atoms with Gasteiger partial charge < -0.3 is 0 Å². The van der Waals surface area contributed by atoms with Crippen molar-refractivity contribution in [1.29, 1.82) is 0 Å². The van der Waals surface area contributed by atoms with Crippen LogP contribution in [0.15, 0.2) is 0 Å². The maximum Gasteiger partial charge on any atom is 0.155 e. The summed E-state index contributed by atoms with van der Waals surface area (Å²) >= 11 is 12.0. The average molecular weight is 265 g/mol. The number of rotatable bonds is 5. The van der Waals surface area contributed by atoms with Crippen molar-refractivity contribution in [2.24, 2.45) is 0 Å². The summed E-state index contributed by atoms with van der Waals surface area (Å²) in [5.41, 5.74) is 1.57. The molecule has 0 radical (unpaired) electrons. The van der Waals surface area contributed by atoms with E-state index in [4.69, 9.17) is 23.2 Å². The first kappa shape index (κ1) is 13.7. The van der Waals surface area contributed by atoms with Crippen LogP contribution in [0.3, 0.4) is 0 Å². The molecular weight excluding hydrogens is 250 g/mol. The van der Waals surface area contributed by atoms with Gasteiger partial charge in [-0.25, -0.2) is 0 Å². The minimum absolute atomic E-state index is 0.234. The van der Waals surface area contributed by atoms with Crippen LogP contribution >= 0.6 is 23.2 Å². The molecule has 0 spiro atoms. The summed E-state index contributed by atoms with van der Waals surface area (Å²) in [4.78, 5) is 0. The van der Waals surface area contributed by atoms with E-state index < -0.39 is 6.67 Å². The molecule has 90 valence electrons. The van der Waals surface area contributed by atoms with Crippen molar-refractivity contribution < 1.29 is 4.39 Å². The van der Waals surface area contributed by atoms with Gasteiger partial charge in [0.15, 0.2) is 10.3 Å². The zero-order chi connectivity index (χ0) is 12.1. The lowest BCUT2D eigenvalue weighted by molar-refractivity contribution is 0.421. The monoisotopic (exact) mass is 264 g/mol. The molecule has 1 unspecified atom stereocenters. The molecule has 0 N–H and O–H groups in total. The minimum Gasteiger partial charge on any atom is -0.250 e. The number of hydrogen-bond donors (Lipinski definition) is 0. The summed E-state index contributed by atoms with van der Waals surface area (Å²) < 4.78 is 12.9. The van der Waals surface area contributed by atoms with Crippen LogP contribution in [0.1, 0.15) is 43.7 Å². The third-order valence-corrected chi connectivity index (χ3v) is 3.19. The van der Waals surface area contributed by atoms with E-state index in [1.54, 1.807) is 0 Å². The molecule has 0 amide bonds. The molecule has 0 aliphatic rings. The van der Waals surface area contributed by atoms with Crippen molar-refractivity contribution >= 4 is 23.2 Å². The van der Waals surface area contributed by atoms with Crippen LogP contribution in [0, 0.1) is 0 Å². The smallest absolute Gasteiger partial charge is 0.155 e. The molecule has 0 aliphatic carbocycles. The van der Waals surface area contributed by atoms with Gasteiger partial charge in [0.2, 0.25) is 0 Å². The molecule has 5 heteroatoms. The number of halogens is 3. The van der Waals surface area contributed by atoms with Gasteiger partial charge in [-0.2, -0.15) is 0 Å². The van der Waals surface area contributed by atoms with E-state index in [0.717, 1.165) is 24.0 Å². The molecular formula is C11H15Cl2FN2. The molecule has 16 heavy (non-hydrogen) atoms. The summed E-state index contributed by atoms with van der Waals surface area (Å²) in [5, 5.41) is 8.14. The lowest BCUT2D eigenvalue weighted by Crippen LogP contribution is -2.08. The van der Waals surface area contributed by atoms with Crippen molar-refractivity contribution in [1.82, 2.24) is 10.2 Å². The van der Waals surface area contributed by atoms with Crippen LogP contribution in [0.5, 0.6) is 0 Å². The van der Waals surface area contributed by atoms with Gasteiger partial charge in [0, 0.05) is 11.5 Å². The zero-order valence-electron chi connectivity index (χ0n) is 9.43. The summed E-state index contributed by atoms with van der Waals surface area (Å²) in [6, 6.07) is 0. The van der Waals surface area contributed by atoms with Gasteiger partial charge in [-0.15, -0.1) is 10.2 Å². The first-order valence-corrected chi connectivity index (χ1v) is 6.17. The van der Waals surface area contributed by atoms with E-state index in [1.807, 2.05) is 13.8 Å². The third kappa shape index (κ3) is 2.83. The zero-order valence-corrected chi connectivity index (χ0v) is 10.9. The molecule has 0 aliphatic heterocycles. The molecule has 0 saturated carbocycles. The van der Waals surface area contributed by atoms with Crippen LogP contribution in [0.4, 0.5) is 4.39 Å². The lowest BCUT2D eigenvalue weighted by atomic mass is 9.94. The first-order valence-electron chi connectivity index (χ1n) is 5.42. The summed E-state index contributed by atoms with van der Waals surface area (Å²) in [6.07, 6.45) is 2.34. The Kier molecular flexibility index (Phi) is 5.42. The maximum atomic E-state index is 12.9. The number of alkyl halides is 1. The second kappa shape index (κ2) is 6.36. The molecule has 1 heterocycles. The summed E-state index contributed by atoms with van der Waals surface area (Å²) in [5.74, 6) is -0.234. The minimum atomic E-state index is -0.449. The van der Waals surface area contributed by atoms with E-state index in [-0.39, 0.29) is 11.1 Å². The van der Waals surface area contributed by atoms with E-state index in [1.165, 1.54) is 0 Å². The Morgan fingerprint density at radius 3 is 2.31 bits per heavy atom. The predicted octanol–water partition coefficient (Wildman–Crippen LogP) is 4.20. The molecule has 1 atom stereocenters. The molecule has 1 aromatic rings. The SMILES string of the molecule is CCCc1c(Cl)nnc(Cl)c1C(CC)CF. The Labute approximate surface area is 105 Å². The highest BCUT2D eigenvalue weighted by Crippen LogP contribution is 2.32. The molecule has 0 bridgehead atoms. The number of nitrogens with zero attached hydrogens (tertiary/aromatic N) is 2. The highest BCUT2D eigenvalue weighted by atomic mass is 35.5. The van der Waals surface area contributed by atoms with Gasteiger partial charge in [0.25, 0.3) is 0 Å². The molecule has 0 aromatic carbocycles. The Morgan fingerprint density at radius 1 is 1.19 bits per heavy atom. The predicted molar refractivity (Wildman–Crippen MR) is 65.1 cm³/mol. The van der Waals surface area contributed by atoms with E-state index in [2.05, 4.69) is 10.2 Å². The van der Waals surface area contributed by atoms with Gasteiger partial charge in [-0.1, -0.05) is 43.5 Å². The summed E-state index contributed by atoms with van der Waals surface area (Å²) in [6.45, 7) is 3.50. The van der Waals surface area contributed by atoms with Crippen LogP contribution in [-0.2, 0) is 6.42 Å². The van der Waals surface area contributed by atoms with Crippen molar-refractivity contribution in [2.75, 3.05) is 6.67 Å². The highest BCUT2D eigenvalue weighted by molar-refractivity contribution is 6.32. The van der Waals surface area contributed by atoms with Crippen molar-refractivity contribution in [2.45, 2.75) is 39.0 Å². The quantitative estimate of drug-likeness (QED) is 0.797. The molecule has 0 fully saturated rings. The van der Waals surface area contributed by atoms with Gasteiger partial charge in [-0.3, -0.25) is 4.39 Å². The number of hydrogen-bond acceptors (Lipinski definition) is 2. The fraction of sp³-hybridized carbons (Fsp3) is 0.636. The van der Waals surface area contributed by atoms with Crippen molar-refractivity contribution in [3.05, 3.63) is 21.4 Å². The van der Waals surface area contributed by atoms with Crippen LogP contribution in [-0.4, -0.2) is 16.9 Å². The standard InChI is InChI=1S/C11H15Cl2FN2/c1-3-5-8-9(7(4-2)6-14)11(13)16-15-10(8)12/h7H,3-6H2,1-2H3. The van der Waals surface area contributed by atoms with Crippen molar-refractivity contribution in [3.63, 3.8) is 0 Å². The second-order valence-electron chi connectivity index (χ2n) is 3.68. The second-order valence-corrected chi connectivity index (χ2v) is 4.40. The molecule has 0 saturated heterocycles.